The Kier molecular flexibility index (Phi) is 7.94. The number of aryl methyl sites for hydroxylation is 1. The number of benzene rings is 1. The Hall–Kier alpha value is -1.57. The fraction of sp³-hybridized carbons (Fsp3) is 0.375. The van der Waals surface area contributed by atoms with Crippen LogP contribution in [0.2, 0.25) is 0 Å². The van der Waals surface area contributed by atoms with Crippen molar-refractivity contribution in [2.45, 2.75) is 20.0 Å². The number of hydrogen-bond acceptors (Lipinski definition) is 2. The van der Waals surface area contributed by atoms with Gasteiger partial charge in [0.25, 0.3) is 0 Å². The minimum atomic E-state index is 0. The van der Waals surface area contributed by atoms with Gasteiger partial charge in [-0.3, -0.25) is 4.68 Å². The molecule has 1 N–H and O–H groups in total. The van der Waals surface area contributed by atoms with Gasteiger partial charge in [-0.05, 0) is 18.6 Å². The molecule has 0 atom stereocenters. The summed E-state index contributed by atoms with van der Waals surface area (Å²) in [5.74, 6) is 0.905. The molecule has 0 aliphatic rings. The minimum absolute atomic E-state index is 0. The smallest absolute Gasteiger partial charge is 0.194 e. The van der Waals surface area contributed by atoms with Crippen LogP contribution in [0.25, 0.3) is 0 Å². The first kappa shape index (κ1) is 18.5. The molecule has 0 bridgehead atoms. The van der Waals surface area contributed by atoms with E-state index >= 15 is 0 Å². The Labute approximate surface area is 149 Å². The predicted octanol–water partition coefficient (Wildman–Crippen LogP) is 2.64. The van der Waals surface area contributed by atoms with Gasteiger partial charge < -0.3 is 10.2 Å². The van der Waals surface area contributed by atoms with Gasteiger partial charge in [0.15, 0.2) is 5.96 Å². The van der Waals surface area contributed by atoms with Gasteiger partial charge in [0.2, 0.25) is 0 Å². The number of guanidine groups is 1. The molecule has 2 aromatic rings. The van der Waals surface area contributed by atoms with Gasteiger partial charge >= 0.3 is 0 Å². The fourth-order valence-corrected chi connectivity index (χ4v) is 2.11. The van der Waals surface area contributed by atoms with Crippen molar-refractivity contribution in [3.63, 3.8) is 0 Å². The van der Waals surface area contributed by atoms with Crippen LogP contribution in [0.3, 0.4) is 0 Å². The molecule has 0 saturated carbocycles. The topological polar surface area (TPSA) is 45.5 Å². The number of aliphatic imine (C=N–C) groups is 1. The van der Waals surface area contributed by atoms with E-state index in [1.165, 1.54) is 5.56 Å². The molecule has 0 aliphatic carbocycles. The van der Waals surface area contributed by atoms with Gasteiger partial charge in [0.1, 0.15) is 0 Å². The van der Waals surface area contributed by atoms with Gasteiger partial charge in [-0.2, -0.15) is 5.10 Å². The first-order chi connectivity index (χ1) is 10.2. The maximum atomic E-state index is 4.68. The summed E-state index contributed by atoms with van der Waals surface area (Å²) in [6.07, 6.45) is 1.80. The zero-order chi connectivity index (χ0) is 15.1. The van der Waals surface area contributed by atoms with Crippen LogP contribution < -0.4 is 5.32 Å². The molecule has 0 amide bonds. The number of nitrogens with zero attached hydrogens (tertiary/aromatic N) is 4. The van der Waals surface area contributed by atoms with Crippen molar-refractivity contribution in [1.82, 2.24) is 20.0 Å². The molecule has 0 saturated heterocycles. The van der Waals surface area contributed by atoms with E-state index in [4.69, 9.17) is 0 Å². The maximum Gasteiger partial charge on any atom is 0.194 e. The number of rotatable bonds is 5. The van der Waals surface area contributed by atoms with E-state index in [1.807, 2.05) is 23.9 Å². The molecule has 1 heterocycles. The van der Waals surface area contributed by atoms with Crippen LogP contribution in [0.1, 0.15) is 18.2 Å². The van der Waals surface area contributed by atoms with Crippen molar-refractivity contribution in [1.29, 1.82) is 0 Å². The molecular weight excluding hydrogens is 389 g/mol. The number of halogens is 1. The highest BCUT2D eigenvalue weighted by molar-refractivity contribution is 14.0. The third-order valence-corrected chi connectivity index (χ3v) is 3.27. The molecule has 0 radical (unpaired) electrons. The summed E-state index contributed by atoms with van der Waals surface area (Å²) >= 11 is 0. The van der Waals surface area contributed by atoms with E-state index in [9.17, 15) is 0 Å². The molecule has 120 valence electrons. The Balaban J connectivity index is 0.00000242. The summed E-state index contributed by atoms with van der Waals surface area (Å²) in [6.45, 7) is 4.38. The summed E-state index contributed by atoms with van der Waals surface area (Å²) in [4.78, 5) is 6.82. The summed E-state index contributed by atoms with van der Waals surface area (Å²) < 4.78 is 1.85. The fourth-order valence-electron chi connectivity index (χ4n) is 2.11. The van der Waals surface area contributed by atoms with Crippen LogP contribution in [-0.4, -0.2) is 34.2 Å². The zero-order valence-corrected chi connectivity index (χ0v) is 15.7. The normalized spacial score (nSPS) is 11.0. The third-order valence-electron chi connectivity index (χ3n) is 3.27. The summed E-state index contributed by atoms with van der Waals surface area (Å²) in [7, 11) is 3.99. The molecule has 0 unspecified atom stereocenters. The molecule has 0 aliphatic heterocycles. The van der Waals surface area contributed by atoms with Crippen LogP contribution in [0.4, 0.5) is 0 Å². The number of hydrogen-bond donors (Lipinski definition) is 1. The lowest BCUT2D eigenvalue weighted by Crippen LogP contribution is -2.38. The van der Waals surface area contributed by atoms with E-state index in [2.05, 4.69) is 58.5 Å². The second-order valence-corrected chi connectivity index (χ2v) is 4.96. The molecular formula is C16H24IN5. The van der Waals surface area contributed by atoms with Gasteiger partial charge in [-0.25, -0.2) is 4.99 Å². The molecule has 1 aromatic heterocycles. The van der Waals surface area contributed by atoms with Gasteiger partial charge in [0.05, 0.1) is 12.2 Å². The van der Waals surface area contributed by atoms with Crippen molar-refractivity contribution >= 4 is 29.9 Å². The van der Waals surface area contributed by atoms with Crippen LogP contribution in [0.15, 0.2) is 47.6 Å². The standard InChI is InChI=1S/C16H23N5.HI/c1-4-17-16(18-12-15-10-11-19-21(15)3)20(2)13-14-8-6-5-7-9-14;/h5-11H,4,12-13H2,1-3H3,(H,17,18);1H. The minimum Gasteiger partial charge on any atom is -0.357 e. The Morgan fingerprint density at radius 3 is 2.59 bits per heavy atom. The maximum absolute atomic E-state index is 4.68. The monoisotopic (exact) mass is 413 g/mol. The first-order valence-corrected chi connectivity index (χ1v) is 7.21. The van der Waals surface area contributed by atoms with Gasteiger partial charge in [0, 0.05) is 33.4 Å². The molecule has 1 aromatic carbocycles. The average molecular weight is 413 g/mol. The Morgan fingerprint density at radius 2 is 2.00 bits per heavy atom. The lowest BCUT2D eigenvalue weighted by molar-refractivity contribution is 0.476. The average Bonchev–Trinajstić information content (AvgIpc) is 2.90. The Morgan fingerprint density at radius 1 is 1.27 bits per heavy atom. The Bertz CT molecular complexity index is 579. The predicted molar refractivity (Wildman–Crippen MR) is 101 cm³/mol. The van der Waals surface area contributed by atoms with E-state index < -0.39 is 0 Å². The second kappa shape index (κ2) is 9.45. The summed E-state index contributed by atoms with van der Waals surface area (Å²) in [5, 5.41) is 7.50. The van der Waals surface area contributed by atoms with Crippen molar-refractivity contribution in [2.75, 3.05) is 13.6 Å². The zero-order valence-electron chi connectivity index (χ0n) is 13.4. The highest BCUT2D eigenvalue weighted by atomic mass is 127. The second-order valence-electron chi connectivity index (χ2n) is 4.96. The quantitative estimate of drug-likeness (QED) is 0.466. The highest BCUT2D eigenvalue weighted by Gasteiger charge is 2.07. The van der Waals surface area contributed by atoms with Crippen LogP contribution >= 0.6 is 24.0 Å². The first-order valence-electron chi connectivity index (χ1n) is 7.21. The number of aromatic nitrogens is 2. The highest BCUT2D eigenvalue weighted by Crippen LogP contribution is 2.04. The van der Waals surface area contributed by atoms with E-state index in [0.29, 0.717) is 6.54 Å². The van der Waals surface area contributed by atoms with Crippen LogP contribution in [-0.2, 0) is 20.1 Å². The van der Waals surface area contributed by atoms with Crippen molar-refractivity contribution in [3.8, 4) is 0 Å². The largest absolute Gasteiger partial charge is 0.357 e. The van der Waals surface area contributed by atoms with E-state index in [1.54, 1.807) is 6.20 Å². The molecule has 0 fully saturated rings. The molecule has 0 spiro atoms. The van der Waals surface area contributed by atoms with Crippen molar-refractivity contribution < 1.29 is 0 Å². The lowest BCUT2D eigenvalue weighted by atomic mass is 10.2. The molecule has 2 rings (SSSR count). The molecule has 6 heteroatoms. The van der Waals surface area contributed by atoms with Gasteiger partial charge in [-0.15, -0.1) is 24.0 Å². The van der Waals surface area contributed by atoms with Gasteiger partial charge in [-0.1, -0.05) is 30.3 Å². The molecule has 22 heavy (non-hydrogen) atoms. The van der Waals surface area contributed by atoms with Crippen LogP contribution in [0, 0.1) is 0 Å². The van der Waals surface area contributed by atoms with Crippen molar-refractivity contribution in [3.05, 3.63) is 53.9 Å². The SMILES string of the molecule is CCNC(=NCc1ccnn1C)N(C)Cc1ccccc1.I. The summed E-state index contributed by atoms with van der Waals surface area (Å²) in [5.41, 5.74) is 2.37. The van der Waals surface area contributed by atoms with Crippen LogP contribution in [0.5, 0.6) is 0 Å². The molecule has 5 nitrogen and oxygen atoms in total. The summed E-state index contributed by atoms with van der Waals surface area (Å²) in [6, 6.07) is 12.4. The number of nitrogens with one attached hydrogen (secondary N) is 1. The third kappa shape index (κ3) is 5.32. The van der Waals surface area contributed by atoms with E-state index in [-0.39, 0.29) is 24.0 Å². The lowest BCUT2D eigenvalue weighted by Gasteiger charge is -2.22. The van der Waals surface area contributed by atoms with E-state index in [0.717, 1.165) is 24.7 Å². The van der Waals surface area contributed by atoms with Crippen molar-refractivity contribution in [2.24, 2.45) is 12.0 Å².